The van der Waals surface area contributed by atoms with Gasteiger partial charge >= 0.3 is 11.9 Å². The first-order valence-electron chi connectivity index (χ1n) is 9.15. The van der Waals surface area contributed by atoms with Crippen LogP contribution in [0, 0.1) is 5.82 Å². The van der Waals surface area contributed by atoms with Crippen LogP contribution in [0.1, 0.15) is 47.1 Å². The SMILES string of the molecule is C=C(C(=O)OC(C)(C)C)[C@H]1N(C(C)=O)c2ccc(F)cc2[C@@]1(O)C(=O)OC(C)C. The molecule has 1 N–H and O–H groups in total. The normalized spacial score (nSPS) is 21.0. The number of ether oxygens (including phenoxy) is 2. The molecule has 0 saturated heterocycles. The van der Waals surface area contributed by atoms with E-state index in [0.717, 1.165) is 17.0 Å². The number of anilines is 1. The Labute approximate surface area is 169 Å². The van der Waals surface area contributed by atoms with Gasteiger partial charge in [0.2, 0.25) is 11.5 Å². The predicted molar refractivity (Wildman–Crippen MR) is 103 cm³/mol. The molecule has 0 spiro atoms. The number of carbonyl (C=O) groups is 3. The van der Waals surface area contributed by atoms with E-state index < -0.39 is 47.0 Å². The first-order chi connectivity index (χ1) is 13.2. The quantitative estimate of drug-likeness (QED) is 0.609. The van der Waals surface area contributed by atoms with Gasteiger partial charge in [0, 0.05) is 12.5 Å². The van der Waals surface area contributed by atoms with Crippen molar-refractivity contribution >= 4 is 23.5 Å². The number of carbonyl (C=O) groups excluding carboxylic acids is 3. The van der Waals surface area contributed by atoms with Gasteiger partial charge in [-0.1, -0.05) is 6.58 Å². The molecule has 1 aromatic carbocycles. The van der Waals surface area contributed by atoms with E-state index in [0.29, 0.717) is 0 Å². The Kier molecular flexibility index (Phi) is 5.90. The third-order valence-corrected chi connectivity index (χ3v) is 4.27. The summed E-state index contributed by atoms with van der Waals surface area (Å²) in [6.45, 7) is 12.9. The van der Waals surface area contributed by atoms with Gasteiger partial charge in [0.1, 0.15) is 17.5 Å². The minimum atomic E-state index is -2.54. The third-order valence-electron chi connectivity index (χ3n) is 4.27. The van der Waals surface area contributed by atoms with Crippen molar-refractivity contribution in [3.05, 3.63) is 41.7 Å². The number of esters is 2. The van der Waals surface area contributed by atoms with Crippen molar-refractivity contribution in [2.75, 3.05) is 4.90 Å². The lowest BCUT2D eigenvalue weighted by Crippen LogP contribution is -2.54. The van der Waals surface area contributed by atoms with Gasteiger partial charge < -0.3 is 19.5 Å². The molecule has 1 amide bonds. The summed E-state index contributed by atoms with van der Waals surface area (Å²) >= 11 is 0. The Morgan fingerprint density at radius 2 is 1.86 bits per heavy atom. The van der Waals surface area contributed by atoms with Crippen molar-refractivity contribution in [3.63, 3.8) is 0 Å². The molecule has 7 nitrogen and oxygen atoms in total. The lowest BCUT2D eigenvalue weighted by atomic mass is 9.85. The van der Waals surface area contributed by atoms with Crippen molar-refractivity contribution < 1.29 is 33.4 Å². The van der Waals surface area contributed by atoms with Crippen LogP contribution in [-0.4, -0.2) is 40.7 Å². The van der Waals surface area contributed by atoms with Crippen LogP contribution in [0.5, 0.6) is 0 Å². The highest BCUT2D eigenvalue weighted by Crippen LogP contribution is 2.47. The maximum Gasteiger partial charge on any atom is 0.345 e. The number of benzene rings is 1. The van der Waals surface area contributed by atoms with Crippen LogP contribution in [0.4, 0.5) is 10.1 Å². The van der Waals surface area contributed by atoms with Crippen LogP contribution >= 0.6 is 0 Å². The molecule has 0 aromatic heterocycles. The lowest BCUT2D eigenvalue weighted by Gasteiger charge is -2.34. The highest BCUT2D eigenvalue weighted by atomic mass is 19.1. The number of hydrogen-bond donors (Lipinski definition) is 1. The highest BCUT2D eigenvalue weighted by Gasteiger charge is 2.60. The number of amides is 1. The fraction of sp³-hybridized carbons (Fsp3) is 0.476. The summed E-state index contributed by atoms with van der Waals surface area (Å²) in [4.78, 5) is 39.0. The van der Waals surface area contributed by atoms with Crippen molar-refractivity contribution in [1.29, 1.82) is 0 Å². The molecule has 158 valence electrons. The minimum Gasteiger partial charge on any atom is -0.461 e. The predicted octanol–water partition coefficient (Wildman–Crippen LogP) is 2.60. The largest absolute Gasteiger partial charge is 0.461 e. The van der Waals surface area contributed by atoms with Gasteiger partial charge in [0.05, 0.1) is 17.4 Å². The topological polar surface area (TPSA) is 93.1 Å². The number of rotatable bonds is 4. The average molecular weight is 407 g/mol. The summed E-state index contributed by atoms with van der Waals surface area (Å²) in [6, 6.07) is 1.72. The molecule has 2 rings (SSSR count). The number of nitrogens with zero attached hydrogens (tertiary/aromatic N) is 1. The number of fused-ring (bicyclic) bond motifs is 1. The van der Waals surface area contributed by atoms with Crippen LogP contribution in [0.15, 0.2) is 30.4 Å². The number of aliphatic hydroxyl groups is 1. The molecule has 0 unspecified atom stereocenters. The average Bonchev–Trinajstić information content (AvgIpc) is 2.82. The minimum absolute atomic E-state index is 0.0804. The second-order valence-electron chi connectivity index (χ2n) is 8.20. The van der Waals surface area contributed by atoms with E-state index in [4.69, 9.17) is 9.47 Å². The van der Waals surface area contributed by atoms with E-state index >= 15 is 0 Å². The monoisotopic (exact) mass is 407 g/mol. The molecule has 1 aliphatic heterocycles. The molecular weight excluding hydrogens is 381 g/mol. The molecule has 0 saturated carbocycles. The molecule has 1 aliphatic rings. The third kappa shape index (κ3) is 4.17. The molecule has 1 heterocycles. The zero-order chi connectivity index (χ0) is 22.3. The van der Waals surface area contributed by atoms with Gasteiger partial charge in [-0.05, 0) is 52.8 Å². The van der Waals surface area contributed by atoms with Gasteiger partial charge in [-0.15, -0.1) is 0 Å². The zero-order valence-electron chi connectivity index (χ0n) is 17.4. The van der Waals surface area contributed by atoms with Crippen LogP contribution < -0.4 is 4.90 Å². The van der Waals surface area contributed by atoms with E-state index in [1.54, 1.807) is 34.6 Å². The van der Waals surface area contributed by atoms with Crippen molar-refractivity contribution in [2.45, 2.75) is 64.9 Å². The molecule has 0 radical (unpaired) electrons. The maximum atomic E-state index is 14.0. The van der Waals surface area contributed by atoms with Crippen LogP contribution in [0.3, 0.4) is 0 Å². The zero-order valence-corrected chi connectivity index (χ0v) is 17.4. The van der Waals surface area contributed by atoms with Gasteiger partial charge in [-0.25, -0.2) is 14.0 Å². The molecule has 0 aliphatic carbocycles. The van der Waals surface area contributed by atoms with E-state index in [-0.39, 0.29) is 16.8 Å². The molecule has 0 bridgehead atoms. The second kappa shape index (κ2) is 7.59. The van der Waals surface area contributed by atoms with Crippen molar-refractivity contribution in [3.8, 4) is 0 Å². The van der Waals surface area contributed by atoms with Gasteiger partial charge in [0.25, 0.3) is 0 Å². The Bertz CT molecular complexity index is 872. The Morgan fingerprint density at radius 1 is 1.28 bits per heavy atom. The van der Waals surface area contributed by atoms with E-state index in [1.165, 1.54) is 13.0 Å². The first kappa shape index (κ1) is 22.5. The molecule has 0 fully saturated rings. The maximum absolute atomic E-state index is 14.0. The molecule has 8 heteroatoms. The van der Waals surface area contributed by atoms with Gasteiger partial charge in [0.15, 0.2) is 0 Å². The lowest BCUT2D eigenvalue weighted by molar-refractivity contribution is -0.172. The first-order valence-corrected chi connectivity index (χ1v) is 9.15. The molecule has 2 atom stereocenters. The highest BCUT2D eigenvalue weighted by molar-refractivity contribution is 6.05. The fourth-order valence-corrected chi connectivity index (χ4v) is 3.24. The van der Waals surface area contributed by atoms with Gasteiger partial charge in [-0.2, -0.15) is 0 Å². The Balaban J connectivity index is 2.69. The fourth-order valence-electron chi connectivity index (χ4n) is 3.24. The summed E-state index contributed by atoms with van der Waals surface area (Å²) in [5, 5.41) is 11.5. The summed E-state index contributed by atoms with van der Waals surface area (Å²) < 4.78 is 24.5. The van der Waals surface area contributed by atoms with E-state index in [2.05, 4.69) is 6.58 Å². The van der Waals surface area contributed by atoms with E-state index in [9.17, 15) is 23.9 Å². The smallest absolute Gasteiger partial charge is 0.345 e. The summed E-state index contributed by atoms with van der Waals surface area (Å²) in [5.74, 6) is -3.34. The summed E-state index contributed by atoms with van der Waals surface area (Å²) in [7, 11) is 0. The number of hydrogen-bond acceptors (Lipinski definition) is 6. The van der Waals surface area contributed by atoms with Crippen LogP contribution in [0.2, 0.25) is 0 Å². The Morgan fingerprint density at radius 3 is 2.34 bits per heavy atom. The van der Waals surface area contributed by atoms with Crippen molar-refractivity contribution in [2.24, 2.45) is 0 Å². The second-order valence-corrected chi connectivity index (χ2v) is 8.20. The molecule has 1 aromatic rings. The van der Waals surface area contributed by atoms with E-state index in [1.807, 2.05) is 0 Å². The standard InChI is InChI=1S/C21H26FNO6/c1-11(2)28-19(26)21(27)15-10-14(22)8-9-16(15)23(13(4)24)17(21)12(3)18(25)29-20(5,6)7/h8-11,17,27H,3H2,1-2,4-7H3/t17-,21+/m1/s1. The van der Waals surface area contributed by atoms with Gasteiger partial charge in [-0.3, -0.25) is 4.79 Å². The summed E-state index contributed by atoms with van der Waals surface area (Å²) in [6.07, 6.45) is -0.606. The Hall–Kier alpha value is -2.74. The molecule has 29 heavy (non-hydrogen) atoms. The number of halogens is 1. The summed E-state index contributed by atoms with van der Waals surface area (Å²) in [5.41, 5.74) is -3.86. The van der Waals surface area contributed by atoms with Crippen LogP contribution in [0.25, 0.3) is 0 Å². The van der Waals surface area contributed by atoms with Crippen LogP contribution in [-0.2, 0) is 29.5 Å². The van der Waals surface area contributed by atoms with Crippen molar-refractivity contribution in [1.82, 2.24) is 0 Å². The molecular formula is C21H26FNO6.